The average molecular weight is 360 g/mol. The summed E-state index contributed by atoms with van der Waals surface area (Å²) in [6, 6.07) is 5.58. The molecular weight excluding hydrogens is 349 g/mol. The van der Waals surface area contributed by atoms with E-state index < -0.39 is 16.8 Å². The summed E-state index contributed by atoms with van der Waals surface area (Å²) < 4.78 is 17.1. The van der Waals surface area contributed by atoms with E-state index in [0.29, 0.717) is 5.56 Å². The molecule has 0 radical (unpaired) electrons. The van der Waals surface area contributed by atoms with Crippen molar-refractivity contribution in [2.45, 2.75) is 5.08 Å². The molecule has 4 nitrogen and oxygen atoms in total. The Morgan fingerprint density at radius 3 is 2.25 bits per heavy atom. The Labute approximate surface area is 127 Å². The number of aromatic nitrogens is 1. The summed E-state index contributed by atoms with van der Waals surface area (Å²) in [7, 11) is 1.26. The lowest BCUT2D eigenvalue weighted by atomic mass is 10.1. The zero-order valence-corrected chi connectivity index (χ0v) is 12.9. The number of halogens is 2. The van der Waals surface area contributed by atoms with Crippen LogP contribution in [0.4, 0.5) is 4.39 Å². The topological polar surface area (TPSA) is 56.3 Å². The van der Waals surface area contributed by atoms with Crippen molar-refractivity contribution >= 4 is 39.0 Å². The van der Waals surface area contributed by atoms with Crippen LogP contribution >= 0.6 is 27.3 Å². The van der Waals surface area contributed by atoms with Crippen molar-refractivity contribution in [1.29, 1.82) is 0 Å². The molecule has 0 saturated carbocycles. The van der Waals surface area contributed by atoms with Gasteiger partial charge in [0, 0.05) is 17.1 Å². The van der Waals surface area contributed by atoms with Crippen LogP contribution in [-0.4, -0.2) is 28.9 Å². The lowest BCUT2D eigenvalue weighted by molar-refractivity contribution is 0.0600. The van der Waals surface area contributed by atoms with Crippen LogP contribution in [0, 0.1) is 0 Å². The van der Waals surface area contributed by atoms with Gasteiger partial charge in [0.2, 0.25) is 10.9 Å². The van der Waals surface area contributed by atoms with Crippen LogP contribution in [0.5, 0.6) is 0 Å². The molecule has 1 atom stereocenters. The first-order valence-electron chi connectivity index (χ1n) is 5.39. The highest BCUT2D eigenvalue weighted by atomic mass is 79.9. The van der Waals surface area contributed by atoms with Crippen molar-refractivity contribution in [2.75, 3.05) is 7.11 Å². The van der Waals surface area contributed by atoms with Crippen molar-refractivity contribution in [3.05, 3.63) is 52.5 Å². The monoisotopic (exact) mass is 359 g/mol. The molecule has 7 heteroatoms. The number of carbonyl (C=O) groups excluding carboxylic acids is 2. The number of ketones is 1. The zero-order valence-electron chi connectivity index (χ0n) is 10.5. The first kappa shape index (κ1) is 16.5. The van der Waals surface area contributed by atoms with Crippen molar-refractivity contribution in [3.8, 4) is 0 Å². The molecule has 0 amide bonds. The Bertz CT molecular complexity index is 526. The number of alkyl halides is 2. The van der Waals surface area contributed by atoms with Gasteiger partial charge in [0.25, 0.3) is 0 Å². The van der Waals surface area contributed by atoms with Gasteiger partial charge in [-0.3, -0.25) is 9.78 Å². The van der Waals surface area contributed by atoms with Crippen LogP contribution in [0.25, 0.3) is 0 Å². The summed E-state index contributed by atoms with van der Waals surface area (Å²) in [6.07, 6.45) is 1.77. The van der Waals surface area contributed by atoms with Crippen molar-refractivity contribution in [3.63, 3.8) is 0 Å². The molecule has 2 rings (SSSR count). The normalized spacial score (nSPS) is 10.9. The van der Waals surface area contributed by atoms with Gasteiger partial charge in [-0.05, 0) is 28.1 Å². The number of benzene rings is 1. The van der Waals surface area contributed by atoms with E-state index in [-0.39, 0.29) is 5.56 Å². The SMILES string of the molecule is COC(=O)c1ccc(C(=O)C(F)Br)cc1.c1cscn1. The molecule has 0 fully saturated rings. The molecule has 1 heterocycles. The second-order valence-electron chi connectivity index (χ2n) is 3.41. The highest BCUT2D eigenvalue weighted by molar-refractivity contribution is 9.09. The number of carbonyl (C=O) groups is 2. The smallest absolute Gasteiger partial charge is 0.337 e. The maximum Gasteiger partial charge on any atom is 0.337 e. The van der Waals surface area contributed by atoms with Crippen LogP contribution in [0.1, 0.15) is 20.7 Å². The summed E-state index contributed by atoms with van der Waals surface area (Å²) >= 11 is 4.13. The third kappa shape index (κ3) is 5.18. The maximum atomic E-state index is 12.6. The molecule has 0 saturated heterocycles. The molecular formula is C13H11BrFNO3S. The number of Topliss-reactive ketones (excluding diaryl/α,β-unsaturated/α-hetero) is 1. The van der Waals surface area contributed by atoms with E-state index in [0.717, 1.165) is 0 Å². The second kappa shape index (κ2) is 8.55. The van der Waals surface area contributed by atoms with Gasteiger partial charge in [0.05, 0.1) is 18.2 Å². The maximum absolute atomic E-state index is 12.6. The predicted octanol–water partition coefficient (Wildman–Crippen LogP) is 3.49. The summed E-state index contributed by atoms with van der Waals surface area (Å²) in [5, 5.41) is 0.210. The van der Waals surface area contributed by atoms with Gasteiger partial charge in [-0.1, -0.05) is 12.1 Å². The van der Waals surface area contributed by atoms with Crippen LogP contribution in [0.2, 0.25) is 0 Å². The first-order valence-corrected chi connectivity index (χ1v) is 7.25. The predicted molar refractivity (Wildman–Crippen MR) is 78.0 cm³/mol. The number of thiazole rings is 1. The fourth-order valence-corrected chi connectivity index (χ4v) is 1.81. The molecule has 1 unspecified atom stereocenters. The molecule has 0 aliphatic rings. The minimum atomic E-state index is -1.72. The Morgan fingerprint density at radius 1 is 1.30 bits per heavy atom. The minimum absolute atomic E-state index is 0.201. The van der Waals surface area contributed by atoms with Crippen LogP contribution in [-0.2, 0) is 4.74 Å². The fraction of sp³-hybridized carbons (Fsp3) is 0.154. The summed E-state index contributed by atoms with van der Waals surface area (Å²) in [5.41, 5.74) is 2.31. The van der Waals surface area contributed by atoms with Crippen LogP contribution in [0.15, 0.2) is 41.4 Å². The van der Waals surface area contributed by atoms with Gasteiger partial charge in [0.1, 0.15) is 0 Å². The van der Waals surface area contributed by atoms with Crippen LogP contribution in [0.3, 0.4) is 0 Å². The molecule has 20 heavy (non-hydrogen) atoms. The largest absolute Gasteiger partial charge is 0.465 e. The van der Waals surface area contributed by atoms with Crippen molar-refractivity contribution in [1.82, 2.24) is 4.98 Å². The molecule has 0 spiro atoms. The molecule has 1 aromatic heterocycles. The number of esters is 1. The van der Waals surface area contributed by atoms with Gasteiger partial charge >= 0.3 is 5.97 Å². The van der Waals surface area contributed by atoms with E-state index in [2.05, 4.69) is 25.7 Å². The standard InChI is InChI=1S/C10H8BrFO3.C3H3NS/c1-15-10(14)7-4-2-6(3-5-7)8(13)9(11)12;1-2-5-3-4-1/h2-5,9H,1H3;1-3H. The van der Waals surface area contributed by atoms with Crippen LogP contribution < -0.4 is 0 Å². The zero-order chi connectivity index (χ0) is 15.0. The number of hydrogen-bond acceptors (Lipinski definition) is 5. The minimum Gasteiger partial charge on any atom is -0.465 e. The lowest BCUT2D eigenvalue weighted by Gasteiger charge is -2.02. The lowest BCUT2D eigenvalue weighted by Crippen LogP contribution is -2.09. The first-order chi connectivity index (χ1) is 9.56. The number of rotatable bonds is 3. The molecule has 2 aromatic rings. The van der Waals surface area contributed by atoms with Crippen molar-refractivity contribution < 1.29 is 18.7 Å². The van der Waals surface area contributed by atoms with Gasteiger partial charge in [-0.2, -0.15) is 0 Å². The van der Waals surface area contributed by atoms with E-state index in [4.69, 9.17) is 0 Å². The summed E-state index contributed by atoms with van der Waals surface area (Å²) in [6.45, 7) is 0. The number of methoxy groups -OCH3 is 1. The molecule has 1 aromatic carbocycles. The quantitative estimate of drug-likeness (QED) is 0.478. The molecule has 0 N–H and O–H groups in total. The van der Waals surface area contributed by atoms with Gasteiger partial charge < -0.3 is 4.74 Å². The number of nitrogens with zero attached hydrogens (tertiary/aromatic N) is 1. The molecule has 106 valence electrons. The van der Waals surface area contributed by atoms with E-state index in [9.17, 15) is 14.0 Å². The number of hydrogen-bond donors (Lipinski definition) is 0. The molecule has 0 aliphatic heterocycles. The average Bonchev–Trinajstić information content (AvgIpc) is 3.05. The van der Waals surface area contributed by atoms with E-state index in [1.54, 1.807) is 23.0 Å². The summed E-state index contributed by atoms with van der Waals surface area (Å²) in [5.74, 6) is -1.17. The Morgan fingerprint density at radius 2 is 1.90 bits per heavy atom. The molecule has 0 aliphatic carbocycles. The van der Waals surface area contributed by atoms with Gasteiger partial charge in [0.15, 0.2) is 0 Å². The highest BCUT2D eigenvalue weighted by Crippen LogP contribution is 2.12. The van der Waals surface area contributed by atoms with E-state index in [1.807, 2.05) is 5.38 Å². The Kier molecular flexibility index (Phi) is 7.03. The second-order valence-corrected chi connectivity index (χ2v) is 4.97. The number of ether oxygens (including phenoxy) is 1. The highest BCUT2D eigenvalue weighted by Gasteiger charge is 2.15. The van der Waals surface area contributed by atoms with Gasteiger partial charge in [-0.15, -0.1) is 11.3 Å². The Hall–Kier alpha value is -1.60. The van der Waals surface area contributed by atoms with E-state index in [1.165, 1.54) is 31.4 Å². The van der Waals surface area contributed by atoms with Gasteiger partial charge in [-0.25, -0.2) is 9.18 Å². The third-order valence-corrected chi connectivity index (χ3v) is 3.07. The Balaban J connectivity index is 0.000000333. The van der Waals surface area contributed by atoms with Crippen molar-refractivity contribution in [2.24, 2.45) is 0 Å². The third-order valence-electron chi connectivity index (χ3n) is 2.14. The van der Waals surface area contributed by atoms with E-state index >= 15 is 0 Å². The fourth-order valence-electron chi connectivity index (χ4n) is 1.19. The summed E-state index contributed by atoms with van der Waals surface area (Å²) in [4.78, 5) is 25.9. The molecule has 0 bridgehead atoms.